The summed E-state index contributed by atoms with van der Waals surface area (Å²) < 4.78 is 0.795. The van der Waals surface area contributed by atoms with Crippen LogP contribution in [0.25, 0.3) is 10.8 Å². The number of aromatic nitrogens is 2. The largest absolute Gasteiger partial charge is 0.360 e. The second-order valence-electron chi connectivity index (χ2n) is 5.55. The number of rotatable bonds is 7. The number of hydrogen-bond donors (Lipinski definition) is 2. The fourth-order valence-electron chi connectivity index (χ4n) is 2.61. The van der Waals surface area contributed by atoms with Gasteiger partial charge in [0.1, 0.15) is 0 Å². The number of carbonyl (C=O) groups is 1. The zero-order valence-electron chi connectivity index (χ0n) is 14.2. The van der Waals surface area contributed by atoms with E-state index in [4.69, 9.17) is 0 Å². The van der Waals surface area contributed by atoms with E-state index in [0.717, 1.165) is 21.6 Å². The van der Waals surface area contributed by atoms with E-state index < -0.39 is 0 Å². The first-order valence-corrected chi connectivity index (χ1v) is 9.94. The second kappa shape index (κ2) is 8.31. The van der Waals surface area contributed by atoms with Crippen molar-refractivity contribution in [2.75, 3.05) is 17.6 Å². The standard InChI is InChI=1S/C18H20N4OS2/c1-3-19-17-21-22-18(25-17)24-11-16(23)20-12(2)14-10-6-8-13-7-4-5-9-15(13)14/h4-10,12H,3,11H2,1-2H3,(H,19,21)(H,20,23)/t12-/m0/s1. The molecule has 0 saturated carbocycles. The van der Waals surface area contributed by atoms with E-state index in [1.807, 2.05) is 32.0 Å². The van der Waals surface area contributed by atoms with Crippen LogP contribution < -0.4 is 10.6 Å². The van der Waals surface area contributed by atoms with Gasteiger partial charge in [-0.25, -0.2) is 0 Å². The fourth-order valence-corrected chi connectivity index (χ4v) is 4.24. The number of hydrogen-bond acceptors (Lipinski definition) is 6. The molecule has 0 aliphatic carbocycles. The van der Waals surface area contributed by atoms with Gasteiger partial charge in [-0.2, -0.15) is 0 Å². The number of amides is 1. The predicted molar refractivity (Wildman–Crippen MR) is 105 cm³/mol. The highest BCUT2D eigenvalue weighted by atomic mass is 32.2. The Labute approximate surface area is 155 Å². The Morgan fingerprint density at radius 2 is 2.00 bits per heavy atom. The minimum atomic E-state index is -0.0501. The van der Waals surface area contributed by atoms with Gasteiger partial charge < -0.3 is 10.6 Å². The Bertz CT molecular complexity index is 860. The van der Waals surface area contributed by atoms with Crippen LogP contribution in [0.3, 0.4) is 0 Å². The van der Waals surface area contributed by atoms with Crippen molar-refractivity contribution in [2.24, 2.45) is 0 Å². The van der Waals surface area contributed by atoms with Crippen LogP contribution in [0.4, 0.5) is 5.13 Å². The van der Waals surface area contributed by atoms with Crippen LogP contribution in [-0.2, 0) is 4.79 Å². The molecule has 130 valence electrons. The number of carbonyl (C=O) groups excluding carboxylic acids is 1. The Hall–Kier alpha value is -2.12. The second-order valence-corrected chi connectivity index (χ2v) is 7.75. The van der Waals surface area contributed by atoms with Crippen molar-refractivity contribution in [3.63, 3.8) is 0 Å². The van der Waals surface area contributed by atoms with Crippen molar-refractivity contribution < 1.29 is 4.79 Å². The molecule has 7 heteroatoms. The lowest BCUT2D eigenvalue weighted by Crippen LogP contribution is -2.28. The highest BCUT2D eigenvalue weighted by Crippen LogP contribution is 2.26. The molecule has 0 bridgehead atoms. The highest BCUT2D eigenvalue weighted by molar-refractivity contribution is 8.01. The molecule has 2 aromatic carbocycles. The first kappa shape index (κ1) is 17.7. The lowest BCUT2D eigenvalue weighted by molar-refractivity contribution is -0.119. The molecule has 2 N–H and O–H groups in total. The molecule has 3 aromatic rings. The molecule has 1 aromatic heterocycles. The maximum Gasteiger partial charge on any atom is 0.230 e. The van der Waals surface area contributed by atoms with Crippen LogP contribution in [0.1, 0.15) is 25.5 Å². The first-order chi connectivity index (χ1) is 12.2. The number of nitrogens with one attached hydrogen (secondary N) is 2. The molecular formula is C18H20N4OS2. The Kier molecular flexibility index (Phi) is 5.88. The van der Waals surface area contributed by atoms with Crippen molar-refractivity contribution in [1.29, 1.82) is 0 Å². The van der Waals surface area contributed by atoms with Gasteiger partial charge in [-0.15, -0.1) is 10.2 Å². The summed E-state index contributed by atoms with van der Waals surface area (Å²) in [6, 6.07) is 14.3. The van der Waals surface area contributed by atoms with Crippen LogP contribution in [0.15, 0.2) is 46.8 Å². The van der Waals surface area contributed by atoms with E-state index in [0.29, 0.717) is 5.75 Å². The topological polar surface area (TPSA) is 66.9 Å². The normalized spacial score (nSPS) is 12.1. The van der Waals surface area contributed by atoms with Crippen molar-refractivity contribution in [3.8, 4) is 0 Å². The number of anilines is 1. The lowest BCUT2D eigenvalue weighted by Gasteiger charge is -2.16. The minimum absolute atomic E-state index is 0.00867. The summed E-state index contributed by atoms with van der Waals surface area (Å²) in [5.41, 5.74) is 1.13. The van der Waals surface area contributed by atoms with E-state index in [2.05, 4.69) is 45.1 Å². The van der Waals surface area contributed by atoms with E-state index in [9.17, 15) is 4.79 Å². The molecule has 1 amide bonds. The van der Waals surface area contributed by atoms with Crippen LogP contribution in [-0.4, -0.2) is 28.4 Å². The quantitative estimate of drug-likeness (QED) is 0.612. The summed E-state index contributed by atoms with van der Waals surface area (Å²) in [6.07, 6.45) is 0. The zero-order valence-corrected chi connectivity index (χ0v) is 15.8. The molecule has 1 atom stereocenters. The van der Waals surface area contributed by atoms with Gasteiger partial charge in [-0.1, -0.05) is 65.6 Å². The van der Waals surface area contributed by atoms with Crippen LogP contribution >= 0.6 is 23.1 Å². The monoisotopic (exact) mass is 372 g/mol. The molecule has 3 rings (SSSR count). The minimum Gasteiger partial charge on any atom is -0.360 e. The summed E-state index contributed by atoms with van der Waals surface area (Å²) in [5, 5.41) is 17.4. The van der Waals surface area contributed by atoms with Crippen molar-refractivity contribution in [3.05, 3.63) is 48.0 Å². The molecular weight excluding hydrogens is 352 g/mol. The average molecular weight is 373 g/mol. The summed E-state index contributed by atoms with van der Waals surface area (Å²) in [5.74, 6) is 0.321. The Morgan fingerprint density at radius 1 is 1.20 bits per heavy atom. The number of thioether (sulfide) groups is 1. The number of benzene rings is 2. The summed E-state index contributed by atoms with van der Waals surface area (Å²) in [7, 11) is 0. The summed E-state index contributed by atoms with van der Waals surface area (Å²) in [6.45, 7) is 4.83. The van der Waals surface area contributed by atoms with Gasteiger partial charge >= 0.3 is 0 Å². The number of nitrogens with zero attached hydrogens (tertiary/aromatic N) is 2. The lowest BCUT2D eigenvalue weighted by atomic mass is 10.00. The molecule has 0 spiro atoms. The first-order valence-electron chi connectivity index (χ1n) is 8.14. The van der Waals surface area contributed by atoms with Gasteiger partial charge in [0, 0.05) is 6.54 Å². The summed E-state index contributed by atoms with van der Waals surface area (Å²) >= 11 is 2.88. The van der Waals surface area contributed by atoms with Crippen molar-refractivity contribution in [2.45, 2.75) is 24.2 Å². The fraction of sp³-hybridized carbons (Fsp3) is 0.278. The Morgan fingerprint density at radius 3 is 2.84 bits per heavy atom. The van der Waals surface area contributed by atoms with E-state index in [-0.39, 0.29) is 11.9 Å². The molecule has 0 unspecified atom stereocenters. The van der Waals surface area contributed by atoms with E-state index in [1.54, 1.807) is 0 Å². The van der Waals surface area contributed by atoms with Crippen LogP contribution in [0, 0.1) is 0 Å². The predicted octanol–water partition coefficient (Wildman–Crippen LogP) is 4.09. The number of fused-ring (bicyclic) bond motifs is 1. The van der Waals surface area contributed by atoms with Crippen LogP contribution in [0.2, 0.25) is 0 Å². The third-order valence-corrected chi connectivity index (χ3v) is 5.74. The van der Waals surface area contributed by atoms with Gasteiger partial charge in [-0.3, -0.25) is 4.79 Å². The van der Waals surface area contributed by atoms with Crippen molar-refractivity contribution >= 4 is 44.9 Å². The van der Waals surface area contributed by atoms with Crippen LogP contribution in [0.5, 0.6) is 0 Å². The van der Waals surface area contributed by atoms with Gasteiger partial charge in [-0.05, 0) is 30.2 Å². The maximum atomic E-state index is 12.3. The average Bonchev–Trinajstić information content (AvgIpc) is 3.07. The molecule has 25 heavy (non-hydrogen) atoms. The summed E-state index contributed by atoms with van der Waals surface area (Å²) in [4.78, 5) is 12.3. The molecule has 0 saturated heterocycles. The zero-order chi connectivity index (χ0) is 17.6. The maximum absolute atomic E-state index is 12.3. The Balaban J connectivity index is 1.60. The van der Waals surface area contributed by atoms with Gasteiger partial charge in [0.2, 0.25) is 11.0 Å². The van der Waals surface area contributed by atoms with Gasteiger partial charge in [0.15, 0.2) is 4.34 Å². The van der Waals surface area contributed by atoms with Gasteiger partial charge in [0.25, 0.3) is 0 Å². The molecule has 5 nitrogen and oxygen atoms in total. The molecule has 1 heterocycles. The molecule has 0 aliphatic heterocycles. The van der Waals surface area contributed by atoms with E-state index in [1.165, 1.54) is 33.9 Å². The SMILES string of the molecule is CCNc1nnc(SCC(=O)N[C@@H](C)c2cccc3ccccc23)s1. The molecule has 0 fully saturated rings. The van der Waals surface area contributed by atoms with Crippen molar-refractivity contribution in [1.82, 2.24) is 15.5 Å². The molecule has 0 radical (unpaired) electrons. The molecule has 0 aliphatic rings. The van der Waals surface area contributed by atoms with E-state index >= 15 is 0 Å². The smallest absolute Gasteiger partial charge is 0.230 e. The van der Waals surface area contributed by atoms with Gasteiger partial charge in [0.05, 0.1) is 11.8 Å². The third-order valence-electron chi connectivity index (χ3n) is 3.73. The highest BCUT2D eigenvalue weighted by Gasteiger charge is 2.13. The third kappa shape index (κ3) is 4.49.